The summed E-state index contributed by atoms with van der Waals surface area (Å²) in [4.78, 5) is 23.2. The standard InChI is InChI=1S/C21H22FN5O2.ClH/c22-17-8-6-15(7-9-17)21-25-19(29-26-21)4-1-5-20(28)27-12-11-24-14-18(27)16-3-2-10-23-13-16;/h2-3,6-10,13,18,24H,1,4-5,11-12,14H2;1H. The number of pyridine rings is 1. The zero-order valence-corrected chi connectivity index (χ0v) is 17.1. The number of hydrogen-bond donors (Lipinski definition) is 1. The normalized spacial score (nSPS) is 16.2. The second kappa shape index (κ2) is 10.3. The highest BCUT2D eigenvalue weighted by atomic mass is 35.5. The van der Waals surface area contributed by atoms with Crippen LogP contribution in [0.3, 0.4) is 0 Å². The number of halogens is 2. The Hall–Kier alpha value is -2.84. The maximum Gasteiger partial charge on any atom is 0.226 e. The Morgan fingerprint density at radius 3 is 2.87 bits per heavy atom. The van der Waals surface area contributed by atoms with Gasteiger partial charge in [0.1, 0.15) is 5.82 Å². The molecule has 0 spiro atoms. The van der Waals surface area contributed by atoms with E-state index in [9.17, 15) is 9.18 Å². The molecule has 1 atom stereocenters. The first-order valence-electron chi connectivity index (χ1n) is 9.69. The lowest BCUT2D eigenvalue weighted by Crippen LogP contribution is -2.48. The van der Waals surface area contributed by atoms with E-state index in [1.54, 1.807) is 18.3 Å². The minimum atomic E-state index is -0.312. The van der Waals surface area contributed by atoms with Crippen molar-refractivity contribution < 1.29 is 13.7 Å². The van der Waals surface area contributed by atoms with Crippen molar-refractivity contribution in [2.75, 3.05) is 19.6 Å². The summed E-state index contributed by atoms with van der Waals surface area (Å²) in [6.45, 7) is 2.18. The van der Waals surface area contributed by atoms with Crippen LogP contribution in [0.15, 0.2) is 53.3 Å². The maximum absolute atomic E-state index is 13.0. The molecule has 9 heteroatoms. The molecule has 1 fully saturated rings. The predicted molar refractivity (Wildman–Crippen MR) is 111 cm³/mol. The van der Waals surface area contributed by atoms with Crippen LogP contribution < -0.4 is 5.32 Å². The third kappa shape index (κ3) is 5.20. The van der Waals surface area contributed by atoms with Gasteiger partial charge in [0.2, 0.25) is 17.6 Å². The summed E-state index contributed by atoms with van der Waals surface area (Å²) < 4.78 is 18.3. The van der Waals surface area contributed by atoms with Gasteiger partial charge >= 0.3 is 0 Å². The molecule has 1 aromatic carbocycles. The van der Waals surface area contributed by atoms with Gasteiger partial charge in [-0.05, 0) is 42.3 Å². The van der Waals surface area contributed by atoms with Gasteiger partial charge in [0.15, 0.2) is 0 Å². The average molecular weight is 432 g/mol. The van der Waals surface area contributed by atoms with E-state index in [0.29, 0.717) is 43.1 Å². The molecule has 3 heterocycles. The molecule has 1 saturated heterocycles. The van der Waals surface area contributed by atoms with Crippen molar-refractivity contribution in [3.63, 3.8) is 0 Å². The smallest absolute Gasteiger partial charge is 0.226 e. The van der Waals surface area contributed by atoms with Gasteiger partial charge in [-0.25, -0.2) is 4.39 Å². The quantitative estimate of drug-likeness (QED) is 0.645. The zero-order chi connectivity index (χ0) is 20.1. The first-order chi connectivity index (χ1) is 14.2. The van der Waals surface area contributed by atoms with Crippen molar-refractivity contribution in [2.24, 2.45) is 0 Å². The monoisotopic (exact) mass is 431 g/mol. The molecule has 1 unspecified atom stereocenters. The molecule has 4 rings (SSSR count). The van der Waals surface area contributed by atoms with Crippen LogP contribution in [0.25, 0.3) is 11.4 Å². The van der Waals surface area contributed by atoms with Gasteiger partial charge in [-0.1, -0.05) is 11.2 Å². The third-order valence-electron chi connectivity index (χ3n) is 4.98. The van der Waals surface area contributed by atoms with Gasteiger partial charge in [-0.2, -0.15) is 4.98 Å². The number of hydrogen-bond acceptors (Lipinski definition) is 6. The van der Waals surface area contributed by atoms with Gasteiger partial charge in [0.25, 0.3) is 0 Å². The lowest BCUT2D eigenvalue weighted by molar-refractivity contribution is -0.134. The average Bonchev–Trinajstić information content (AvgIpc) is 3.24. The van der Waals surface area contributed by atoms with Crippen LogP contribution >= 0.6 is 12.4 Å². The van der Waals surface area contributed by atoms with E-state index in [2.05, 4.69) is 20.4 Å². The number of benzene rings is 1. The highest BCUT2D eigenvalue weighted by molar-refractivity contribution is 5.85. The van der Waals surface area contributed by atoms with Gasteiger partial charge in [-0.3, -0.25) is 9.78 Å². The Bertz CT molecular complexity index is 952. The van der Waals surface area contributed by atoms with Crippen LogP contribution in [0, 0.1) is 5.82 Å². The number of aromatic nitrogens is 3. The largest absolute Gasteiger partial charge is 0.339 e. The number of aryl methyl sites for hydroxylation is 1. The topological polar surface area (TPSA) is 84.2 Å². The number of rotatable bonds is 6. The molecular formula is C21H23ClFN5O2. The van der Waals surface area contributed by atoms with Crippen LogP contribution in [-0.4, -0.2) is 45.6 Å². The fourth-order valence-electron chi connectivity index (χ4n) is 3.48. The molecule has 1 aliphatic rings. The van der Waals surface area contributed by atoms with Crippen LogP contribution in [0.1, 0.15) is 30.3 Å². The summed E-state index contributed by atoms with van der Waals surface area (Å²) in [6.07, 6.45) is 5.09. The van der Waals surface area contributed by atoms with Gasteiger partial charge < -0.3 is 14.7 Å². The fraction of sp³-hybridized carbons (Fsp3) is 0.333. The first kappa shape index (κ1) is 21.9. The molecule has 1 aliphatic heterocycles. The molecule has 0 saturated carbocycles. The van der Waals surface area contributed by atoms with E-state index < -0.39 is 0 Å². The zero-order valence-electron chi connectivity index (χ0n) is 16.3. The predicted octanol–water partition coefficient (Wildman–Crippen LogP) is 3.19. The summed E-state index contributed by atoms with van der Waals surface area (Å²) in [5, 5.41) is 7.28. The summed E-state index contributed by atoms with van der Waals surface area (Å²) in [5.74, 6) is 0.693. The third-order valence-corrected chi connectivity index (χ3v) is 4.98. The van der Waals surface area contributed by atoms with Crippen LogP contribution in [0.5, 0.6) is 0 Å². The molecule has 0 aliphatic carbocycles. The lowest BCUT2D eigenvalue weighted by Gasteiger charge is -2.36. The summed E-state index contributed by atoms with van der Waals surface area (Å²) in [6, 6.07) is 9.82. The van der Waals surface area contributed by atoms with E-state index in [-0.39, 0.29) is 30.2 Å². The summed E-state index contributed by atoms with van der Waals surface area (Å²) >= 11 is 0. The lowest BCUT2D eigenvalue weighted by atomic mass is 10.0. The summed E-state index contributed by atoms with van der Waals surface area (Å²) in [5.41, 5.74) is 1.73. The van der Waals surface area contributed by atoms with Crippen molar-refractivity contribution >= 4 is 18.3 Å². The molecule has 3 aromatic rings. The first-order valence-corrected chi connectivity index (χ1v) is 9.69. The second-order valence-corrected chi connectivity index (χ2v) is 6.97. The Labute approximate surface area is 180 Å². The summed E-state index contributed by atoms with van der Waals surface area (Å²) in [7, 11) is 0. The molecule has 0 radical (unpaired) electrons. The van der Waals surface area contributed by atoms with Gasteiger partial charge in [-0.15, -0.1) is 12.4 Å². The minimum Gasteiger partial charge on any atom is -0.339 e. The molecule has 1 N–H and O–H groups in total. The highest BCUT2D eigenvalue weighted by Gasteiger charge is 2.27. The van der Waals surface area contributed by atoms with Crippen molar-refractivity contribution in [2.45, 2.75) is 25.3 Å². The van der Waals surface area contributed by atoms with E-state index in [4.69, 9.17) is 4.52 Å². The molecule has 1 amide bonds. The van der Waals surface area contributed by atoms with Crippen LogP contribution in [0.4, 0.5) is 4.39 Å². The molecule has 30 heavy (non-hydrogen) atoms. The van der Waals surface area contributed by atoms with E-state index >= 15 is 0 Å². The Balaban J connectivity index is 0.00000256. The number of piperazine rings is 1. The Morgan fingerprint density at radius 2 is 2.10 bits per heavy atom. The van der Waals surface area contributed by atoms with E-state index in [0.717, 1.165) is 18.7 Å². The molecule has 158 valence electrons. The van der Waals surface area contributed by atoms with Crippen molar-refractivity contribution in [3.05, 3.63) is 66.1 Å². The molecule has 2 aromatic heterocycles. The van der Waals surface area contributed by atoms with Crippen LogP contribution in [-0.2, 0) is 11.2 Å². The Morgan fingerprint density at radius 1 is 1.27 bits per heavy atom. The fourth-order valence-corrected chi connectivity index (χ4v) is 3.48. The SMILES string of the molecule is Cl.O=C(CCCc1nc(-c2ccc(F)cc2)no1)N1CCNCC1c1cccnc1. The van der Waals surface area contributed by atoms with Crippen molar-refractivity contribution in [1.29, 1.82) is 0 Å². The van der Waals surface area contributed by atoms with E-state index in [1.807, 2.05) is 23.2 Å². The number of nitrogens with zero attached hydrogens (tertiary/aromatic N) is 4. The number of amides is 1. The number of nitrogens with one attached hydrogen (secondary N) is 1. The minimum absolute atomic E-state index is 0. The van der Waals surface area contributed by atoms with Crippen molar-refractivity contribution in [1.82, 2.24) is 25.3 Å². The van der Waals surface area contributed by atoms with Gasteiger partial charge in [0, 0.05) is 50.4 Å². The van der Waals surface area contributed by atoms with E-state index in [1.165, 1.54) is 12.1 Å². The Kier molecular flexibility index (Phi) is 7.48. The molecule has 0 bridgehead atoms. The number of carbonyl (C=O) groups excluding carboxylic acids is 1. The van der Waals surface area contributed by atoms with Gasteiger partial charge in [0.05, 0.1) is 6.04 Å². The number of carbonyl (C=O) groups is 1. The maximum atomic E-state index is 13.0. The van der Waals surface area contributed by atoms with Crippen LogP contribution in [0.2, 0.25) is 0 Å². The molecular weight excluding hydrogens is 409 g/mol. The molecule has 7 nitrogen and oxygen atoms in total. The second-order valence-electron chi connectivity index (χ2n) is 6.97. The highest BCUT2D eigenvalue weighted by Crippen LogP contribution is 2.23. The van der Waals surface area contributed by atoms with Crippen molar-refractivity contribution in [3.8, 4) is 11.4 Å².